The fourth-order valence-corrected chi connectivity index (χ4v) is 2.73. The molecular weight excluding hydrogens is 508 g/mol. The van der Waals surface area contributed by atoms with Crippen molar-refractivity contribution in [2.75, 3.05) is 14.2 Å². The van der Waals surface area contributed by atoms with Crippen LogP contribution in [0.5, 0.6) is 11.5 Å². The van der Waals surface area contributed by atoms with Crippen molar-refractivity contribution in [3.05, 3.63) is 66.7 Å². The fraction of sp³-hybridized carbons (Fsp3) is 0.375. The largest absolute Gasteiger partial charge is 0.502 e. The number of nitro groups is 2. The van der Waals surface area contributed by atoms with Crippen molar-refractivity contribution in [3.63, 3.8) is 0 Å². The quantitative estimate of drug-likeness (QED) is 0.304. The highest BCUT2D eigenvalue weighted by molar-refractivity contribution is 5.92. The molecule has 0 saturated carbocycles. The molecule has 1 atom stereocenters. The molecule has 0 radical (unpaired) electrons. The van der Waals surface area contributed by atoms with E-state index in [-0.39, 0.29) is 40.7 Å². The van der Waals surface area contributed by atoms with Crippen LogP contribution in [-0.4, -0.2) is 53.4 Å². The highest BCUT2D eigenvalue weighted by Gasteiger charge is 2.24. The molecule has 206 valence electrons. The first-order valence-corrected chi connectivity index (χ1v) is 10.8. The zero-order chi connectivity index (χ0) is 29.7. The summed E-state index contributed by atoms with van der Waals surface area (Å²) in [5.41, 5.74) is 0.494. The van der Waals surface area contributed by atoms with Gasteiger partial charge in [-0.15, -0.1) is 0 Å². The van der Waals surface area contributed by atoms with Crippen molar-refractivity contribution in [3.8, 4) is 11.5 Å². The number of phenolic OH excluding ortho intramolecular Hbond substituents is 1. The molecular formula is C24H28N2O12. The molecule has 14 heteroatoms. The topological polar surface area (TPSA) is 202 Å². The van der Waals surface area contributed by atoms with Crippen LogP contribution in [0.2, 0.25) is 0 Å². The van der Waals surface area contributed by atoms with Crippen molar-refractivity contribution in [2.24, 2.45) is 5.92 Å². The van der Waals surface area contributed by atoms with Crippen LogP contribution in [0.15, 0.2) is 24.3 Å². The summed E-state index contributed by atoms with van der Waals surface area (Å²) in [7, 11) is 2.42. The zero-order valence-corrected chi connectivity index (χ0v) is 21.8. The van der Waals surface area contributed by atoms with Crippen molar-refractivity contribution in [1.29, 1.82) is 0 Å². The van der Waals surface area contributed by atoms with Gasteiger partial charge in [0.15, 0.2) is 11.5 Å². The Balaban J connectivity index is 0.000000674. The molecule has 38 heavy (non-hydrogen) atoms. The first-order valence-electron chi connectivity index (χ1n) is 10.8. The van der Waals surface area contributed by atoms with E-state index < -0.39 is 33.2 Å². The molecule has 0 aliphatic rings. The van der Waals surface area contributed by atoms with Gasteiger partial charge in [0.1, 0.15) is 0 Å². The van der Waals surface area contributed by atoms with E-state index in [9.17, 15) is 34.9 Å². The van der Waals surface area contributed by atoms with Crippen molar-refractivity contribution in [1.82, 2.24) is 0 Å². The lowest BCUT2D eigenvalue weighted by molar-refractivity contribution is -0.386. The van der Waals surface area contributed by atoms with Crippen molar-refractivity contribution >= 4 is 29.5 Å². The number of esters is 2. The maximum absolute atomic E-state index is 11.6. The molecule has 0 aliphatic heterocycles. The lowest BCUT2D eigenvalue weighted by Gasteiger charge is -2.18. The van der Waals surface area contributed by atoms with E-state index in [0.29, 0.717) is 11.1 Å². The van der Waals surface area contributed by atoms with Crippen molar-refractivity contribution < 1.29 is 48.3 Å². The second kappa shape index (κ2) is 15.3. The Morgan fingerprint density at radius 3 is 1.61 bits per heavy atom. The highest BCUT2D eigenvalue weighted by Crippen LogP contribution is 2.32. The third-order valence-electron chi connectivity index (χ3n) is 5.08. The normalized spacial score (nSPS) is 10.4. The predicted octanol–water partition coefficient (Wildman–Crippen LogP) is 3.93. The van der Waals surface area contributed by atoms with Crippen LogP contribution in [0.3, 0.4) is 0 Å². The van der Waals surface area contributed by atoms with E-state index in [1.165, 1.54) is 26.4 Å². The van der Waals surface area contributed by atoms with Crippen molar-refractivity contribution in [2.45, 2.75) is 40.7 Å². The minimum atomic E-state index is -0.763. The minimum absolute atomic E-state index is 0.0713. The molecule has 0 heterocycles. The minimum Gasteiger partial charge on any atom is -0.502 e. The molecule has 0 aromatic heterocycles. The first kappa shape index (κ1) is 33.2. The molecule has 14 nitrogen and oxygen atoms in total. The van der Waals surface area contributed by atoms with Gasteiger partial charge < -0.3 is 19.3 Å². The molecule has 2 aromatic carbocycles. The van der Waals surface area contributed by atoms with Gasteiger partial charge in [-0.05, 0) is 49.9 Å². The number of nitrogens with zero attached hydrogens (tertiary/aromatic N) is 2. The maximum atomic E-state index is 11.6. The molecule has 0 unspecified atom stereocenters. The Bertz CT molecular complexity index is 1220. The van der Waals surface area contributed by atoms with Gasteiger partial charge in [-0.3, -0.25) is 20.2 Å². The van der Waals surface area contributed by atoms with Crippen LogP contribution < -0.4 is 4.74 Å². The number of benzene rings is 2. The Labute approximate surface area is 217 Å². The number of carbonyl (C=O) groups excluding carboxylic acids is 4. The summed E-state index contributed by atoms with van der Waals surface area (Å²) in [6, 6.07) is 4.85. The number of aryl methyl sites for hydroxylation is 2. The van der Waals surface area contributed by atoms with E-state index in [1.54, 1.807) is 13.8 Å². The number of rotatable bonds is 7. The lowest BCUT2D eigenvalue weighted by Crippen LogP contribution is -2.19. The standard InChI is InChI=1S/C14H19NO5.C9H9NO5.CO2/c1-8(2)10(4)20-13-6-9(3)11(14(16)19-5)7-12(13)15(17)18;1-5-3-8(11)7(10(13)14)4-6(5)9(12)15-2;2-1-3/h6-8,10H,1-5H3;3-4,11H,1-2H3;/t10-;;/m0../s1. The van der Waals surface area contributed by atoms with Crippen LogP contribution in [0, 0.1) is 40.0 Å². The Morgan fingerprint density at radius 1 is 0.842 bits per heavy atom. The smallest absolute Gasteiger partial charge is 0.373 e. The second-order valence-corrected chi connectivity index (χ2v) is 7.94. The SMILES string of the molecule is COC(=O)c1cc([N+](=O)[O-])c(O)cc1C.COC(=O)c1cc([N+](=O)[O-])c(O[C@@H](C)C(C)C)cc1C.O=C=O. The number of hydrogen-bond acceptors (Lipinski definition) is 12. The Morgan fingerprint density at radius 2 is 1.24 bits per heavy atom. The number of nitro benzene ring substituents is 2. The van der Waals surface area contributed by atoms with Crippen LogP contribution in [0.1, 0.15) is 52.6 Å². The molecule has 2 rings (SSSR count). The average Bonchev–Trinajstić information content (AvgIpc) is 2.83. The molecule has 0 amide bonds. The molecule has 0 saturated heterocycles. The molecule has 0 bridgehead atoms. The van der Waals surface area contributed by atoms with E-state index in [4.69, 9.17) is 14.3 Å². The van der Waals surface area contributed by atoms with E-state index >= 15 is 0 Å². The van der Waals surface area contributed by atoms with Gasteiger partial charge in [-0.2, -0.15) is 9.59 Å². The number of ether oxygens (including phenoxy) is 3. The Hall–Kier alpha value is -4.84. The number of carbonyl (C=O) groups is 2. The molecule has 0 aliphatic carbocycles. The Kier molecular flexibility index (Phi) is 13.4. The molecule has 1 N–H and O–H groups in total. The molecule has 0 spiro atoms. The summed E-state index contributed by atoms with van der Waals surface area (Å²) >= 11 is 0. The number of hydrogen-bond donors (Lipinski definition) is 1. The predicted molar refractivity (Wildman–Crippen MR) is 130 cm³/mol. The third-order valence-corrected chi connectivity index (χ3v) is 5.08. The van der Waals surface area contributed by atoms with Gasteiger partial charge in [0, 0.05) is 12.1 Å². The summed E-state index contributed by atoms with van der Waals surface area (Å²) in [6.07, 6.45) is 0.0806. The van der Waals surface area contributed by atoms with Crippen LogP contribution in [-0.2, 0) is 19.1 Å². The molecule has 2 aromatic rings. The summed E-state index contributed by atoms with van der Waals surface area (Å²) < 4.78 is 14.7. The van der Waals surface area contributed by atoms with Gasteiger partial charge in [0.25, 0.3) is 0 Å². The highest BCUT2D eigenvalue weighted by atomic mass is 16.6. The maximum Gasteiger partial charge on any atom is 0.373 e. The van der Waals surface area contributed by atoms with E-state index in [0.717, 1.165) is 12.1 Å². The summed E-state index contributed by atoms with van der Waals surface area (Å²) in [6.45, 7) is 9.01. The average molecular weight is 536 g/mol. The van der Waals surface area contributed by atoms with E-state index in [2.05, 4.69) is 9.47 Å². The first-order chi connectivity index (χ1) is 17.7. The van der Waals surface area contributed by atoms with Crippen LogP contribution in [0.25, 0.3) is 0 Å². The van der Waals surface area contributed by atoms with Gasteiger partial charge in [-0.1, -0.05) is 13.8 Å². The van der Waals surface area contributed by atoms with Gasteiger partial charge >= 0.3 is 29.5 Å². The van der Waals surface area contributed by atoms with Crippen LogP contribution in [0.4, 0.5) is 11.4 Å². The number of methoxy groups -OCH3 is 2. The zero-order valence-electron chi connectivity index (χ0n) is 21.8. The number of aromatic hydroxyl groups is 1. The van der Waals surface area contributed by atoms with Gasteiger partial charge in [0.05, 0.1) is 41.3 Å². The monoisotopic (exact) mass is 536 g/mol. The van der Waals surface area contributed by atoms with E-state index in [1.807, 2.05) is 20.8 Å². The summed E-state index contributed by atoms with van der Waals surface area (Å²) in [5.74, 6) is -1.36. The summed E-state index contributed by atoms with van der Waals surface area (Å²) in [5, 5.41) is 30.9. The second-order valence-electron chi connectivity index (χ2n) is 7.94. The molecule has 0 fully saturated rings. The lowest BCUT2D eigenvalue weighted by atomic mass is 10.1. The fourth-order valence-electron chi connectivity index (χ4n) is 2.73. The third kappa shape index (κ3) is 9.32. The summed E-state index contributed by atoms with van der Waals surface area (Å²) in [4.78, 5) is 59.3. The van der Waals surface area contributed by atoms with Gasteiger partial charge in [0.2, 0.25) is 0 Å². The number of phenols is 1. The van der Waals surface area contributed by atoms with Gasteiger partial charge in [-0.25, -0.2) is 9.59 Å². The van der Waals surface area contributed by atoms with Crippen LogP contribution >= 0.6 is 0 Å².